The van der Waals surface area contributed by atoms with Gasteiger partial charge in [-0.15, -0.1) is 0 Å². The van der Waals surface area contributed by atoms with Gasteiger partial charge >= 0.3 is 25.3 Å². The molecule has 13 heteroatoms. The Bertz CT molecular complexity index is 1710. The van der Waals surface area contributed by atoms with Gasteiger partial charge in [0.05, 0.1) is 11.4 Å². The van der Waals surface area contributed by atoms with Gasteiger partial charge < -0.3 is 24.9 Å². The number of alkyl carbamates (subject to hydrolysis) is 1. The average molecular weight is 622 g/mol. The Labute approximate surface area is 250 Å². The van der Waals surface area contributed by atoms with Crippen LogP contribution in [0.1, 0.15) is 28.2 Å². The van der Waals surface area contributed by atoms with Gasteiger partial charge in [-0.3, -0.25) is 4.57 Å². The zero-order valence-electron chi connectivity index (χ0n) is 22.9. The van der Waals surface area contributed by atoms with Gasteiger partial charge in [0.25, 0.3) is 0 Å². The van der Waals surface area contributed by atoms with E-state index in [9.17, 15) is 28.0 Å². The first kappa shape index (κ1) is 30.7. The molecule has 0 aliphatic heterocycles. The molecule has 10 nitrogen and oxygen atoms in total. The molecule has 0 unspecified atom stereocenters. The lowest BCUT2D eigenvalue weighted by molar-refractivity contribution is -0.139. The lowest BCUT2D eigenvalue weighted by Gasteiger charge is -2.17. The number of ether oxygens (including phenoxy) is 1. The Balaban J connectivity index is 1.17. The third kappa shape index (κ3) is 6.57. The summed E-state index contributed by atoms with van der Waals surface area (Å²) in [7, 11) is -5.68. The Morgan fingerprint density at radius 1 is 0.841 bits per heavy atom. The fraction of sp³-hybridized carbons (Fsp3) is 0.161. The van der Waals surface area contributed by atoms with Crippen molar-refractivity contribution in [1.82, 2.24) is 5.32 Å². The SMILES string of the molecule is O=C(N[C@@H](Cc1ccc(N=Nc2ccc(C(F)(F)P(=O)(O)O)cc2)cc1)C(=O)O)OCC1c2ccccc2-c2ccccc21. The summed E-state index contributed by atoms with van der Waals surface area (Å²) >= 11 is 0. The van der Waals surface area contributed by atoms with Crippen LogP contribution in [0.2, 0.25) is 0 Å². The molecule has 1 aliphatic rings. The summed E-state index contributed by atoms with van der Waals surface area (Å²) in [5.41, 5.74) is 0.152. The van der Waals surface area contributed by atoms with E-state index in [0.717, 1.165) is 46.5 Å². The molecular weight excluding hydrogens is 595 g/mol. The molecule has 0 radical (unpaired) electrons. The number of hydrogen-bond acceptors (Lipinski definition) is 6. The van der Waals surface area contributed by atoms with Gasteiger partial charge in [-0.1, -0.05) is 72.8 Å². The number of amides is 1. The van der Waals surface area contributed by atoms with Crippen molar-refractivity contribution in [3.8, 4) is 11.1 Å². The van der Waals surface area contributed by atoms with Crippen molar-refractivity contribution in [3.05, 3.63) is 119 Å². The predicted molar refractivity (Wildman–Crippen MR) is 156 cm³/mol. The molecule has 1 aliphatic carbocycles. The third-order valence-corrected chi connectivity index (χ3v) is 8.16. The van der Waals surface area contributed by atoms with Crippen LogP contribution in [-0.4, -0.2) is 39.6 Å². The number of carboxylic acid groups (broad SMARTS) is 1. The number of fused-ring (bicyclic) bond motifs is 3. The highest BCUT2D eigenvalue weighted by molar-refractivity contribution is 7.52. The molecule has 44 heavy (non-hydrogen) atoms. The van der Waals surface area contributed by atoms with Crippen molar-refractivity contribution >= 4 is 31.0 Å². The Morgan fingerprint density at radius 2 is 1.34 bits per heavy atom. The van der Waals surface area contributed by atoms with Crippen molar-refractivity contribution in [3.63, 3.8) is 0 Å². The largest absolute Gasteiger partial charge is 0.480 e. The molecule has 226 valence electrons. The molecule has 0 fully saturated rings. The highest BCUT2D eigenvalue weighted by Gasteiger charge is 2.50. The second kappa shape index (κ2) is 12.5. The molecule has 1 atom stereocenters. The van der Waals surface area contributed by atoms with Gasteiger partial charge in [0, 0.05) is 17.9 Å². The van der Waals surface area contributed by atoms with Crippen LogP contribution in [0.5, 0.6) is 0 Å². The molecule has 1 amide bonds. The first-order valence-electron chi connectivity index (χ1n) is 13.3. The van der Waals surface area contributed by atoms with E-state index in [-0.39, 0.29) is 24.6 Å². The van der Waals surface area contributed by atoms with E-state index in [0.29, 0.717) is 11.3 Å². The molecule has 4 aromatic rings. The van der Waals surface area contributed by atoms with Gasteiger partial charge in [0.2, 0.25) is 0 Å². The molecule has 5 rings (SSSR count). The summed E-state index contributed by atoms with van der Waals surface area (Å²) < 4.78 is 44.1. The highest BCUT2D eigenvalue weighted by Crippen LogP contribution is 2.59. The van der Waals surface area contributed by atoms with E-state index in [1.165, 1.54) is 0 Å². The number of aliphatic carboxylic acids is 1. The molecule has 4 N–H and O–H groups in total. The van der Waals surface area contributed by atoms with Gasteiger partial charge in [-0.2, -0.15) is 19.0 Å². The molecule has 0 heterocycles. The molecule has 0 saturated heterocycles. The number of hydrogen-bond donors (Lipinski definition) is 4. The van der Waals surface area contributed by atoms with Crippen LogP contribution in [-0.2, 0) is 26.2 Å². The standard InChI is InChI=1S/C31H26F2N3O7P/c32-31(33,44(40,41)42)20-11-15-22(16-12-20)36-35-21-13-9-19(10-14-21)17-28(29(37)38)34-30(39)43-18-27-25-7-3-1-5-23(25)24-6-2-4-8-26(24)27/h1-16,27-28H,17-18H2,(H,34,39)(H,37,38)(H2,40,41,42)/t28-/m0/s1. The van der Waals surface area contributed by atoms with Crippen molar-refractivity contribution < 1.29 is 42.6 Å². The van der Waals surface area contributed by atoms with Gasteiger partial charge in [-0.05, 0) is 52.1 Å². The Hall–Kier alpha value is -4.77. The smallest absolute Gasteiger partial charge is 0.407 e. The zero-order valence-corrected chi connectivity index (χ0v) is 23.8. The van der Waals surface area contributed by atoms with Crippen LogP contribution in [0.4, 0.5) is 25.0 Å². The van der Waals surface area contributed by atoms with E-state index in [1.54, 1.807) is 24.3 Å². The molecule has 0 aromatic heterocycles. The highest BCUT2D eigenvalue weighted by atomic mass is 31.2. The number of halogens is 2. The van der Waals surface area contributed by atoms with Crippen LogP contribution >= 0.6 is 7.60 Å². The van der Waals surface area contributed by atoms with E-state index >= 15 is 0 Å². The van der Waals surface area contributed by atoms with E-state index in [1.807, 2.05) is 48.5 Å². The second-order valence-electron chi connectivity index (χ2n) is 10.1. The topological polar surface area (TPSA) is 158 Å². The number of carbonyl (C=O) groups is 2. The lowest BCUT2D eigenvalue weighted by atomic mass is 9.98. The summed E-state index contributed by atoms with van der Waals surface area (Å²) in [6.45, 7) is 0.0424. The quantitative estimate of drug-likeness (QED) is 0.111. The predicted octanol–water partition coefficient (Wildman–Crippen LogP) is 6.86. The summed E-state index contributed by atoms with van der Waals surface area (Å²) in [6.07, 6.45) is -0.888. The molecule has 4 aromatic carbocycles. The van der Waals surface area contributed by atoms with Crippen LogP contribution in [0.25, 0.3) is 11.1 Å². The second-order valence-corrected chi connectivity index (χ2v) is 11.7. The minimum Gasteiger partial charge on any atom is -0.480 e. The number of nitrogens with zero attached hydrogens (tertiary/aromatic N) is 2. The number of rotatable bonds is 10. The number of benzene rings is 4. The van der Waals surface area contributed by atoms with Crippen molar-refractivity contribution in [2.45, 2.75) is 24.0 Å². The van der Waals surface area contributed by atoms with E-state index in [4.69, 9.17) is 14.5 Å². The van der Waals surface area contributed by atoms with Gasteiger partial charge in [-0.25, -0.2) is 9.59 Å². The molecular formula is C31H26F2N3O7P. The summed E-state index contributed by atoms with van der Waals surface area (Å²) in [5, 5.41) is 20.0. The minimum absolute atomic E-state index is 0.0355. The van der Waals surface area contributed by atoms with Crippen molar-refractivity contribution in [1.29, 1.82) is 0 Å². The number of azo groups is 1. The third-order valence-electron chi connectivity index (χ3n) is 7.17. The molecule has 0 spiro atoms. The maximum absolute atomic E-state index is 13.8. The summed E-state index contributed by atoms with van der Waals surface area (Å²) in [4.78, 5) is 42.2. The fourth-order valence-corrected chi connectivity index (χ4v) is 5.41. The van der Waals surface area contributed by atoms with Crippen molar-refractivity contribution in [2.24, 2.45) is 10.2 Å². The average Bonchev–Trinajstić information content (AvgIpc) is 3.32. The maximum Gasteiger partial charge on any atom is 0.407 e. The van der Waals surface area contributed by atoms with Crippen molar-refractivity contribution in [2.75, 3.05) is 6.61 Å². The van der Waals surface area contributed by atoms with E-state index < -0.39 is 36.9 Å². The molecule has 0 bridgehead atoms. The number of carboxylic acids is 1. The number of nitrogens with one attached hydrogen (secondary N) is 1. The fourth-order valence-electron chi connectivity index (χ4n) is 4.93. The minimum atomic E-state index is -5.68. The first-order chi connectivity index (χ1) is 20.9. The Kier molecular flexibility index (Phi) is 8.68. The van der Waals surface area contributed by atoms with Crippen LogP contribution in [0.15, 0.2) is 107 Å². The van der Waals surface area contributed by atoms with Crippen LogP contribution in [0.3, 0.4) is 0 Å². The summed E-state index contributed by atoms with van der Waals surface area (Å²) in [6, 6.07) is 24.8. The van der Waals surface area contributed by atoms with Gasteiger partial charge in [0.1, 0.15) is 12.6 Å². The van der Waals surface area contributed by atoms with Crippen LogP contribution < -0.4 is 5.32 Å². The summed E-state index contributed by atoms with van der Waals surface area (Å²) in [5.74, 6) is -1.41. The maximum atomic E-state index is 13.8. The zero-order chi connectivity index (χ0) is 31.5. The number of carbonyl (C=O) groups excluding carboxylic acids is 1. The monoisotopic (exact) mass is 621 g/mol. The normalized spacial score (nSPS) is 13.7. The first-order valence-corrected chi connectivity index (χ1v) is 14.9. The van der Waals surface area contributed by atoms with E-state index in [2.05, 4.69) is 15.5 Å². The van der Waals surface area contributed by atoms with Crippen LogP contribution in [0, 0.1) is 0 Å². The molecule has 0 saturated carbocycles. The lowest BCUT2D eigenvalue weighted by Crippen LogP contribution is -2.42. The number of alkyl halides is 2. The Morgan fingerprint density at radius 3 is 1.84 bits per heavy atom. The van der Waals surface area contributed by atoms with Gasteiger partial charge in [0.15, 0.2) is 0 Å².